The van der Waals surface area contributed by atoms with E-state index in [1.807, 2.05) is 24.3 Å². The highest BCUT2D eigenvalue weighted by Gasteiger charge is 2.13. The minimum absolute atomic E-state index is 0.120. The molecule has 0 aliphatic carbocycles. The number of hydrogen-bond donors (Lipinski definition) is 2. The molecule has 2 aromatic carbocycles. The van der Waals surface area contributed by atoms with Crippen molar-refractivity contribution in [1.29, 1.82) is 0 Å². The van der Waals surface area contributed by atoms with Gasteiger partial charge in [0.2, 0.25) is 15.9 Å². The number of carbonyl (C=O) groups is 1. The first-order valence-corrected chi connectivity index (χ1v) is 7.90. The number of nitrogens with one attached hydrogen (secondary N) is 2. The van der Waals surface area contributed by atoms with Gasteiger partial charge in [0.15, 0.2) is 0 Å². The molecule has 0 saturated heterocycles. The van der Waals surface area contributed by atoms with Crippen LogP contribution < -0.4 is 10.0 Å². The van der Waals surface area contributed by atoms with E-state index in [9.17, 15) is 13.2 Å². The van der Waals surface area contributed by atoms with Crippen LogP contribution in [-0.2, 0) is 14.8 Å². The summed E-state index contributed by atoms with van der Waals surface area (Å²) >= 11 is 0. The number of fused-ring (bicyclic) bond motifs is 1. The molecule has 2 rings (SSSR count). The molecule has 21 heavy (non-hydrogen) atoms. The molecule has 2 aromatic rings. The van der Waals surface area contributed by atoms with E-state index in [1.165, 1.54) is 0 Å². The third kappa shape index (κ3) is 3.90. The molecule has 0 radical (unpaired) electrons. The van der Waals surface area contributed by atoms with Crippen molar-refractivity contribution in [3.05, 3.63) is 55.1 Å². The van der Waals surface area contributed by atoms with E-state index in [-0.39, 0.29) is 23.9 Å². The molecule has 0 aliphatic heterocycles. The standard InChI is InChI=1S/C15H16N2O3S/c1-2-15(18)16-9-10-17-21(19,20)14-8-7-12-5-3-4-6-13(12)11-14/h2-8,11,17H,1,9-10H2,(H,16,18). The highest BCUT2D eigenvalue weighted by atomic mass is 32.2. The average molecular weight is 304 g/mol. The van der Waals surface area contributed by atoms with Crippen LogP contribution in [0.15, 0.2) is 60.0 Å². The van der Waals surface area contributed by atoms with Crippen LogP contribution in [0.1, 0.15) is 0 Å². The Morgan fingerprint density at radius 3 is 2.52 bits per heavy atom. The lowest BCUT2D eigenvalue weighted by Crippen LogP contribution is -2.33. The van der Waals surface area contributed by atoms with Crippen LogP contribution in [0.5, 0.6) is 0 Å². The Labute approximate surface area is 123 Å². The van der Waals surface area contributed by atoms with E-state index < -0.39 is 10.0 Å². The quantitative estimate of drug-likeness (QED) is 0.626. The fourth-order valence-electron chi connectivity index (χ4n) is 1.86. The number of rotatable bonds is 6. The molecule has 0 aromatic heterocycles. The van der Waals surface area contributed by atoms with Gasteiger partial charge in [-0.2, -0.15) is 0 Å². The molecule has 6 heteroatoms. The molecular formula is C15H16N2O3S. The molecule has 0 spiro atoms. The van der Waals surface area contributed by atoms with Crippen molar-refractivity contribution in [2.45, 2.75) is 4.90 Å². The van der Waals surface area contributed by atoms with Crippen LogP contribution in [-0.4, -0.2) is 27.4 Å². The van der Waals surface area contributed by atoms with E-state index in [2.05, 4.69) is 16.6 Å². The number of benzene rings is 2. The SMILES string of the molecule is C=CC(=O)NCCNS(=O)(=O)c1ccc2ccccc2c1. The van der Waals surface area contributed by atoms with E-state index in [0.29, 0.717) is 0 Å². The van der Waals surface area contributed by atoms with Gasteiger partial charge in [0, 0.05) is 13.1 Å². The van der Waals surface area contributed by atoms with Crippen LogP contribution in [0, 0.1) is 0 Å². The molecule has 110 valence electrons. The van der Waals surface area contributed by atoms with E-state index in [0.717, 1.165) is 16.8 Å². The maximum Gasteiger partial charge on any atom is 0.243 e. The molecule has 0 heterocycles. The molecule has 0 saturated carbocycles. The lowest BCUT2D eigenvalue weighted by molar-refractivity contribution is -0.116. The molecule has 0 aliphatic rings. The monoisotopic (exact) mass is 304 g/mol. The lowest BCUT2D eigenvalue weighted by atomic mass is 10.1. The van der Waals surface area contributed by atoms with Crippen LogP contribution in [0.3, 0.4) is 0 Å². The van der Waals surface area contributed by atoms with E-state index in [4.69, 9.17) is 0 Å². The normalized spacial score (nSPS) is 11.2. The van der Waals surface area contributed by atoms with Crippen molar-refractivity contribution < 1.29 is 13.2 Å². The highest BCUT2D eigenvalue weighted by Crippen LogP contribution is 2.18. The molecule has 5 nitrogen and oxygen atoms in total. The summed E-state index contributed by atoms with van der Waals surface area (Å²) < 4.78 is 26.7. The molecule has 0 bridgehead atoms. The lowest BCUT2D eigenvalue weighted by Gasteiger charge is -2.08. The highest BCUT2D eigenvalue weighted by molar-refractivity contribution is 7.89. The minimum atomic E-state index is -3.58. The average Bonchev–Trinajstić information content (AvgIpc) is 2.50. The zero-order chi connectivity index (χ0) is 15.3. The number of amides is 1. The second-order valence-electron chi connectivity index (χ2n) is 4.40. The number of hydrogen-bond acceptors (Lipinski definition) is 3. The van der Waals surface area contributed by atoms with Gasteiger partial charge in [-0.1, -0.05) is 36.9 Å². The van der Waals surface area contributed by atoms with Crippen molar-refractivity contribution in [3.8, 4) is 0 Å². The predicted octanol–water partition coefficient (Wildman–Crippen LogP) is 1.42. The van der Waals surface area contributed by atoms with Gasteiger partial charge < -0.3 is 5.32 Å². The largest absolute Gasteiger partial charge is 0.351 e. The van der Waals surface area contributed by atoms with Crippen LogP contribution >= 0.6 is 0 Å². The van der Waals surface area contributed by atoms with Gasteiger partial charge in [-0.25, -0.2) is 13.1 Å². The summed E-state index contributed by atoms with van der Waals surface area (Å²) in [5.74, 6) is -0.333. The summed E-state index contributed by atoms with van der Waals surface area (Å²) in [6.45, 7) is 3.64. The summed E-state index contributed by atoms with van der Waals surface area (Å²) in [6.07, 6.45) is 1.14. The van der Waals surface area contributed by atoms with Gasteiger partial charge in [-0.05, 0) is 29.0 Å². The second-order valence-corrected chi connectivity index (χ2v) is 6.17. The van der Waals surface area contributed by atoms with Gasteiger partial charge in [-0.15, -0.1) is 0 Å². The molecule has 0 atom stereocenters. The van der Waals surface area contributed by atoms with Crippen LogP contribution in [0.4, 0.5) is 0 Å². The summed E-state index contributed by atoms with van der Waals surface area (Å²) in [5, 5.41) is 4.34. The maximum absolute atomic E-state index is 12.1. The number of carbonyl (C=O) groups excluding carboxylic acids is 1. The second kappa shape index (κ2) is 6.51. The minimum Gasteiger partial charge on any atom is -0.351 e. The Morgan fingerprint density at radius 1 is 1.10 bits per heavy atom. The van der Waals surface area contributed by atoms with Crippen molar-refractivity contribution in [3.63, 3.8) is 0 Å². The first kappa shape index (κ1) is 15.2. The summed E-state index contributed by atoms with van der Waals surface area (Å²) in [4.78, 5) is 11.2. The van der Waals surface area contributed by atoms with E-state index >= 15 is 0 Å². The Kier molecular flexibility index (Phi) is 4.72. The summed E-state index contributed by atoms with van der Waals surface area (Å²) in [7, 11) is -3.58. The Bertz CT molecular complexity index is 769. The zero-order valence-electron chi connectivity index (χ0n) is 11.4. The summed E-state index contributed by atoms with van der Waals surface area (Å²) in [5.41, 5.74) is 0. The smallest absolute Gasteiger partial charge is 0.243 e. The first-order valence-electron chi connectivity index (χ1n) is 6.42. The third-order valence-corrected chi connectivity index (χ3v) is 4.39. The Hall–Kier alpha value is -2.18. The zero-order valence-corrected chi connectivity index (χ0v) is 12.2. The molecule has 2 N–H and O–H groups in total. The molecule has 1 amide bonds. The van der Waals surface area contributed by atoms with Gasteiger partial charge in [-0.3, -0.25) is 4.79 Å². The maximum atomic E-state index is 12.1. The Morgan fingerprint density at radius 2 is 1.81 bits per heavy atom. The van der Waals surface area contributed by atoms with Gasteiger partial charge >= 0.3 is 0 Å². The Balaban J connectivity index is 2.07. The van der Waals surface area contributed by atoms with Crippen molar-refractivity contribution in [2.75, 3.05) is 13.1 Å². The van der Waals surface area contributed by atoms with Crippen molar-refractivity contribution in [2.24, 2.45) is 0 Å². The predicted molar refractivity (Wildman–Crippen MR) is 82.3 cm³/mol. The number of sulfonamides is 1. The fourth-order valence-corrected chi connectivity index (χ4v) is 2.93. The summed E-state index contributed by atoms with van der Waals surface area (Å²) in [6, 6.07) is 12.5. The fraction of sp³-hybridized carbons (Fsp3) is 0.133. The van der Waals surface area contributed by atoms with Crippen molar-refractivity contribution >= 4 is 26.7 Å². The molecule has 0 fully saturated rings. The van der Waals surface area contributed by atoms with Gasteiger partial charge in [0.05, 0.1) is 4.90 Å². The van der Waals surface area contributed by atoms with Crippen LogP contribution in [0.2, 0.25) is 0 Å². The van der Waals surface area contributed by atoms with Gasteiger partial charge in [0.25, 0.3) is 0 Å². The van der Waals surface area contributed by atoms with E-state index in [1.54, 1.807) is 18.2 Å². The van der Waals surface area contributed by atoms with Crippen molar-refractivity contribution in [1.82, 2.24) is 10.0 Å². The van der Waals surface area contributed by atoms with Crippen LogP contribution in [0.25, 0.3) is 10.8 Å². The first-order chi connectivity index (χ1) is 10.0. The molecule has 0 unspecified atom stereocenters. The third-order valence-electron chi connectivity index (χ3n) is 2.93. The molecular weight excluding hydrogens is 288 g/mol. The topological polar surface area (TPSA) is 75.3 Å². The van der Waals surface area contributed by atoms with Gasteiger partial charge in [0.1, 0.15) is 0 Å².